The van der Waals surface area contributed by atoms with Crippen molar-refractivity contribution in [3.05, 3.63) is 101 Å². The van der Waals surface area contributed by atoms with Crippen LogP contribution in [0, 0.1) is 10.1 Å². The fraction of sp³-hybridized carbons (Fsp3) is 0. The number of hydrogen-bond donors (Lipinski definition) is 1. The molecule has 0 amide bonds. The van der Waals surface area contributed by atoms with Crippen LogP contribution in [0.5, 0.6) is 0 Å². The van der Waals surface area contributed by atoms with Crippen LogP contribution in [0.1, 0.15) is 0 Å². The molecule has 0 fully saturated rings. The van der Waals surface area contributed by atoms with Gasteiger partial charge in [-0.1, -0.05) is 91.0 Å². The lowest BCUT2D eigenvalue weighted by molar-refractivity contribution is -0.383. The van der Waals surface area contributed by atoms with Gasteiger partial charge in [0.15, 0.2) is 0 Å². The second kappa shape index (κ2) is 6.69. The Bertz CT molecular complexity index is 1040. The Morgan fingerprint density at radius 3 is 1.50 bits per heavy atom. The van der Waals surface area contributed by atoms with Gasteiger partial charge in [-0.15, -0.1) is 0 Å². The second-order valence-electron chi connectivity index (χ2n) is 5.95. The van der Waals surface area contributed by atoms with E-state index in [1.54, 1.807) is 0 Å². The lowest BCUT2D eigenvalue weighted by atomic mass is 9.99. The summed E-state index contributed by atoms with van der Waals surface area (Å²) < 4.78 is 0. The molecule has 0 saturated heterocycles. The Morgan fingerprint density at radius 2 is 1.04 bits per heavy atom. The van der Waals surface area contributed by atoms with E-state index in [0.717, 1.165) is 22.4 Å². The highest BCUT2D eigenvalue weighted by atomic mass is 16.6. The van der Waals surface area contributed by atoms with Crippen LogP contribution in [-0.2, 0) is 0 Å². The number of hydrogen-bond acceptors (Lipinski definition) is 2. The van der Waals surface area contributed by atoms with E-state index in [0.29, 0.717) is 11.3 Å². The molecule has 4 nitrogen and oxygen atoms in total. The molecule has 0 aliphatic carbocycles. The van der Waals surface area contributed by atoms with E-state index in [-0.39, 0.29) is 10.6 Å². The van der Waals surface area contributed by atoms with Gasteiger partial charge in [0.1, 0.15) is 5.69 Å². The van der Waals surface area contributed by atoms with E-state index >= 15 is 0 Å². The molecule has 0 aliphatic rings. The first-order valence-corrected chi connectivity index (χ1v) is 8.32. The van der Waals surface area contributed by atoms with Crippen LogP contribution in [0.15, 0.2) is 91.0 Å². The normalized spacial score (nSPS) is 10.6. The summed E-state index contributed by atoms with van der Waals surface area (Å²) in [5.74, 6) is 0. The summed E-state index contributed by atoms with van der Waals surface area (Å²) in [5, 5.41) is 12.0. The van der Waals surface area contributed by atoms with Gasteiger partial charge in [-0.05, 0) is 11.1 Å². The molecule has 1 aromatic heterocycles. The third-order valence-electron chi connectivity index (χ3n) is 4.34. The summed E-state index contributed by atoms with van der Waals surface area (Å²) in [6.07, 6.45) is 0. The first kappa shape index (κ1) is 15.8. The maximum Gasteiger partial charge on any atom is 0.303 e. The van der Waals surface area contributed by atoms with Crippen molar-refractivity contribution in [2.24, 2.45) is 0 Å². The van der Waals surface area contributed by atoms with Crippen LogP contribution in [0.2, 0.25) is 0 Å². The fourth-order valence-electron chi connectivity index (χ4n) is 3.19. The predicted octanol–water partition coefficient (Wildman–Crippen LogP) is 5.92. The molecular weight excluding hydrogens is 324 g/mol. The zero-order chi connectivity index (χ0) is 17.9. The van der Waals surface area contributed by atoms with Crippen molar-refractivity contribution in [1.29, 1.82) is 0 Å². The first-order valence-electron chi connectivity index (χ1n) is 8.32. The van der Waals surface area contributed by atoms with Crippen molar-refractivity contribution in [2.75, 3.05) is 0 Å². The predicted molar refractivity (Wildman–Crippen MR) is 104 cm³/mol. The van der Waals surface area contributed by atoms with Crippen molar-refractivity contribution in [3.63, 3.8) is 0 Å². The van der Waals surface area contributed by atoms with Gasteiger partial charge in [-0.25, -0.2) is 0 Å². The molecule has 0 aliphatic heterocycles. The van der Waals surface area contributed by atoms with Crippen LogP contribution in [0.25, 0.3) is 33.6 Å². The fourth-order valence-corrected chi connectivity index (χ4v) is 3.19. The van der Waals surface area contributed by atoms with Crippen LogP contribution >= 0.6 is 0 Å². The number of aromatic nitrogens is 1. The number of rotatable bonds is 4. The highest BCUT2D eigenvalue weighted by Gasteiger charge is 2.29. The van der Waals surface area contributed by atoms with E-state index in [9.17, 15) is 10.1 Å². The van der Waals surface area contributed by atoms with Gasteiger partial charge in [0, 0.05) is 5.56 Å². The summed E-state index contributed by atoms with van der Waals surface area (Å²) >= 11 is 0. The van der Waals surface area contributed by atoms with Crippen molar-refractivity contribution in [1.82, 2.24) is 4.98 Å². The zero-order valence-corrected chi connectivity index (χ0v) is 13.9. The third kappa shape index (κ3) is 2.78. The molecule has 4 rings (SSSR count). The minimum atomic E-state index is -0.298. The van der Waals surface area contributed by atoms with Crippen molar-refractivity contribution in [2.45, 2.75) is 0 Å². The molecule has 0 radical (unpaired) electrons. The van der Waals surface area contributed by atoms with Gasteiger partial charge < -0.3 is 4.98 Å². The molecule has 26 heavy (non-hydrogen) atoms. The molecule has 0 bridgehead atoms. The summed E-state index contributed by atoms with van der Waals surface area (Å²) in [4.78, 5) is 15.0. The maximum absolute atomic E-state index is 12.0. The number of nitrogens with zero attached hydrogens (tertiary/aromatic N) is 1. The van der Waals surface area contributed by atoms with E-state index < -0.39 is 0 Å². The highest BCUT2D eigenvalue weighted by molar-refractivity contribution is 5.95. The second-order valence-corrected chi connectivity index (χ2v) is 5.95. The van der Waals surface area contributed by atoms with Crippen LogP contribution in [0.4, 0.5) is 5.69 Å². The van der Waals surface area contributed by atoms with Crippen LogP contribution < -0.4 is 0 Å². The summed E-state index contributed by atoms with van der Waals surface area (Å²) in [5.41, 5.74) is 4.50. The Labute approximate surface area is 150 Å². The largest absolute Gasteiger partial charge is 0.348 e. The molecule has 0 atom stereocenters. The number of nitrogens with one attached hydrogen (secondary N) is 1. The highest BCUT2D eigenvalue weighted by Crippen LogP contribution is 2.45. The van der Waals surface area contributed by atoms with Gasteiger partial charge >= 0.3 is 5.69 Å². The Balaban J connectivity index is 2.07. The molecule has 0 spiro atoms. The number of nitro groups is 1. The molecule has 0 saturated carbocycles. The Kier molecular flexibility index (Phi) is 4.07. The first-order chi connectivity index (χ1) is 12.8. The van der Waals surface area contributed by atoms with Crippen molar-refractivity contribution >= 4 is 5.69 Å². The van der Waals surface area contributed by atoms with Gasteiger partial charge in [-0.3, -0.25) is 10.1 Å². The van der Waals surface area contributed by atoms with Gasteiger partial charge in [0.25, 0.3) is 0 Å². The summed E-state index contributed by atoms with van der Waals surface area (Å²) in [7, 11) is 0. The number of benzene rings is 3. The maximum atomic E-state index is 12.0. The Morgan fingerprint density at radius 1 is 0.615 bits per heavy atom. The average Bonchev–Trinajstić information content (AvgIpc) is 3.11. The lowest BCUT2D eigenvalue weighted by Crippen LogP contribution is -1.92. The molecule has 0 unspecified atom stereocenters. The Hall–Kier alpha value is -3.66. The molecule has 4 aromatic rings. The molecular formula is C22H16N2O2. The van der Waals surface area contributed by atoms with Gasteiger partial charge in [0.2, 0.25) is 0 Å². The quantitative estimate of drug-likeness (QED) is 0.370. The third-order valence-corrected chi connectivity index (χ3v) is 4.34. The lowest BCUT2D eigenvalue weighted by Gasteiger charge is -2.04. The zero-order valence-electron chi connectivity index (χ0n) is 13.9. The number of aromatic amines is 1. The van der Waals surface area contributed by atoms with E-state index in [1.165, 1.54) is 0 Å². The smallest absolute Gasteiger partial charge is 0.303 e. The summed E-state index contributed by atoms with van der Waals surface area (Å²) in [6, 6.07) is 28.6. The molecule has 3 aromatic carbocycles. The van der Waals surface area contributed by atoms with Gasteiger partial charge in [0.05, 0.1) is 16.2 Å². The standard InChI is InChI=1S/C22H16N2O2/c25-24(26)22-19(16-10-4-1-5-11-16)20(17-12-6-2-7-13-17)23-21(22)18-14-8-3-9-15-18/h1-15,23H. The molecule has 1 N–H and O–H groups in total. The van der Waals surface area contributed by atoms with E-state index in [4.69, 9.17) is 0 Å². The molecule has 126 valence electrons. The molecule has 1 heterocycles. The van der Waals surface area contributed by atoms with E-state index in [1.807, 2.05) is 91.0 Å². The van der Waals surface area contributed by atoms with Crippen LogP contribution in [0.3, 0.4) is 0 Å². The number of H-pyrrole nitrogens is 1. The topological polar surface area (TPSA) is 58.9 Å². The minimum absolute atomic E-state index is 0.0984. The van der Waals surface area contributed by atoms with Crippen LogP contribution in [-0.4, -0.2) is 9.91 Å². The minimum Gasteiger partial charge on any atom is -0.348 e. The SMILES string of the molecule is O=[N+]([O-])c1c(-c2ccccc2)[nH]c(-c2ccccc2)c1-c1ccccc1. The molecule has 4 heteroatoms. The summed E-state index contributed by atoms with van der Waals surface area (Å²) in [6.45, 7) is 0. The van der Waals surface area contributed by atoms with Gasteiger partial charge in [-0.2, -0.15) is 0 Å². The van der Waals surface area contributed by atoms with Crippen molar-refractivity contribution < 1.29 is 4.92 Å². The monoisotopic (exact) mass is 340 g/mol. The van der Waals surface area contributed by atoms with E-state index in [2.05, 4.69) is 4.98 Å². The van der Waals surface area contributed by atoms with Crippen molar-refractivity contribution in [3.8, 4) is 33.6 Å². The average molecular weight is 340 g/mol.